The first-order valence-electron chi connectivity index (χ1n) is 15.4. The lowest BCUT2D eigenvalue weighted by atomic mass is 10.1. The number of ether oxygens (including phenoxy) is 6. The molecule has 3 rings (SSSR count). The minimum absolute atomic E-state index is 0.0137. The van der Waals surface area contributed by atoms with Gasteiger partial charge in [-0.05, 0) is 59.6 Å². The molecule has 1 heterocycles. The maximum absolute atomic E-state index is 13.6. The molecule has 0 unspecified atom stereocenters. The average molecular weight is 638 g/mol. The molecular weight excluding hydrogens is 590 g/mol. The molecule has 0 spiro atoms. The van der Waals surface area contributed by atoms with Gasteiger partial charge in [-0.1, -0.05) is 85.0 Å². The van der Waals surface area contributed by atoms with Gasteiger partial charge in [-0.15, -0.1) is 0 Å². The van der Waals surface area contributed by atoms with Crippen molar-refractivity contribution in [2.45, 2.75) is 84.0 Å². The number of esters is 1. The second-order valence-corrected chi connectivity index (χ2v) is 12.8. The molecule has 4 atom stereocenters. The van der Waals surface area contributed by atoms with Gasteiger partial charge in [0, 0.05) is 0 Å². The van der Waals surface area contributed by atoms with Crippen LogP contribution in [-0.2, 0) is 33.2 Å². The fourth-order valence-corrected chi connectivity index (χ4v) is 4.45. The first-order valence-corrected chi connectivity index (χ1v) is 15.4. The Labute approximate surface area is 272 Å². The van der Waals surface area contributed by atoms with Crippen molar-refractivity contribution in [2.75, 3.05) is 26.4 Å². The maximum Gasteiger partial charge on any atom is 0.420 e. The van der Waals surface area contributed by atoms with Gasteiger partial charge >= 0.3 is 18.2 Å². The lowest BCUT2D eigenvalue weighted by Crippen LogP contribution is -2.54. The van der Waals surface area contributed by atoms with Crippen LogP contribution in [0.25, 0.3) is 12.2 Å². The smallest absolute Gasteiger partial charge is 0.420 e. The van der Waals surface area contributed by atoms with Crippen LogP contribution in [0, 0.1) is 0 Å². The third-order valence-electron chi connectivity index (χ3n) is 6.46. The summed E-state index contributed by atoms with van der Waals surface area (Å²) in [6.45, 7) is 11.6. The van der Waals surface area contributed by atoms with Crippen molar-refractivity contribution in [1.82, 2.24) is 4.90 Å². The average Bonchev–Trinajstić information content (AvgIpc) is 3.01. The van der Waals surface area contributed by atoms with E-state index in [2.05, 4.69) is 0 Å². The number of hydrogen-bond acceptors (Lipinski definition) is 9. The number of carbonyl (C=O) groups excluding carboxylic acids is 3. The molecule has 1 aliphatic rings. The molecule has 0 aromatic heterocycles. The van der Waals surface area contributed by atoms with E-state index in [1.54, 1.807) is 48.5 Å². The van der Waals surface area contributed by atoms with E-state index in [0.29, 0.717) is 4.90 Å². The summed E-state index contributed by atoms with van der Waals surface area (Å²) in [6.07, 6.45) is 3.23. The number of carbonyl (C=O) groups is 3. The summed E-state index contributed by atoms with van der Waals surface area (Å²) in [5.41, 5.74) is 0.123. The maximum atomic E-state index is 13.6. The van der Waals surface area contributed by atoms with Crippen molar-refractivity contribution in [2.24, 2.45) is 0 Å². The zero-order valence-electron chi connectivity index (χ0n) is 27.8. The molecular formula is C36H47NO9. The van der Waals surface area contributed by atoms with Crippen LogP contribution < -0.4 is 0 Å². The summed E-state index contributed by atoms with van der Waals surface area (Å²) in [4.78, 5) is 40.8. The molecule has 0 aliphatic carbocycles. The van der Waals surface area contributed by atoms with E-state index < -0.39 is 53.7 Å². The molecule has 1 saturated heterocycles. The number of nitrogens with zero attached hydrogens (tertiary/aromatic N) is 1. The minimum atomic E-state index is -1.48. The lowest BCUT2D eigenvalue weighted by Gasteiger charge is -2.32. The van der Waals surface area contributed by atoms with Crippen molar-refractivity contribution < 1.29 is 42.8 Å². The first-order chi connectivity index (χ1) is 21.7. The van der Waals surface area contributed by atoms with E-state index >= 15 is 0 Å². The number of cyclic esters (lactones) is 1. The lowest BCUT2D eigenvalue weighted by molar-refractivity contribution is -0.167. The summed E-state index contributed by atoms with van der Waals surface area (Å²) in [6, 6.07) is 18.1. The highest BCUT2D eigenvalue weighted by Crippen LogP contribution is 2.22. The molecule has 2 amide bonds. The Bertz CT molecular complexity index is 1280. The molecule has 2 aromatic rings. The highest BCUT2D eigenvalue weighted by Gasteiger charge is 2.44. The van der Waals surface area contributed by atoms with Crippen molar-refractivity contribution in [3.8, 4) is 0 Å². The molecule has 0 N–H and O–H groups in total. The number of benzene rings is 2. The number of imide groups is 1. The van der Waals surface area contributed by atoms with Crippen LogP contribution >= 0.6 is 0 Å². The fraction of sp³-hybridized carbons (Fsp3) is 0.472. The predicted octanol–water partition coefficient (Wildman–Crippen LogP) is 6.69. The zero-order chi connectivity index (χ0) is 33.7. The quantitative estimate of drug-likeness (QED) is 0.220. The predicted molar refractivity (Wildman–Crippen MR) is 175 cm³/mol. The fourth-order valence-electron chi connectivity index (χ4n) is 4.45. The van der Waals surface area contributed by atoms with Gasteiger partial charge in [0.05, 0.1) is 26.4 Å². The summed E-state index contributed by atoms with van der Waals surface area (Å²) < 4.78 is 35.2. The van der Waals surface area contributed by atoms with Gasteiger partial charge < -0.3 is 28.4 Å². The van der Waals surface area contributed by atoms with Gasteiger partial charge in [0.15, 0.2) is 6.04 Å². The Morgan fingerprint density at radius 2 is 1.26 bits per heavy atom. The van der Waals surface area contributed by atoms with Crippen LogP contribution in [0.1, 0.15) is 59.6 Å². The van der Waals surface area contributed by atoms with Crippen LogP contribution in [0.2, 0.25) is 0 Å². The normalized spacial score (nSPS) is 21.2. The second-order valence-electron chi connectivity index (χ2n) is 12.8. The molecule has 1 aliphatic heterocycles. The molecule has 2 aromatic carbocycles. The molecule has 46 heavy (non-hydrogen) atoms. The second kappa shape index (κ2) is 17.1. The van der Waals surface area contributed by atoms with E-state index in [9.17, 15) is 14.4 Å². The summed E-state index contributed by atoms with van der Waals surface area (Å²) in [5, 5.41) is 0. The van der Waals surface area contributed by atoms with Gasteiger partial charge in [0.2, 0.25) is 0 Å². The summed E-state index contributed by atoms with van der Waals surface area (Å²) >= 11 is 0. The van der Waals surface area contributed by atoms with E-state index in [-0.39, 0.29) is 26.4 Å². The van der Waals surface area contributed by atoms with Gasteiger partial charge in [-0.3, -0.25) is 0 Å². The van der Waals surface area contributed by atoms with Gasteiger partial charge in [-0.2, -0.15) is 4.90 Å². The minimum Gasteiger partial charge on any atom is -0.458 e. The van der Waals surface area contributed by atoms with E-state index in [4.69, 9.17) is 28.4 Å². The summed E-state index contributed by atoms with van der Waals surface area (Å²) in [7, 11) is 0. The molecule has 10 heteroatoms. The molecule has 1 fully saturated rings. The number of hydrogen-bond donors (Lipinski definition) is 0. The Hall–Kier alpha value is -3.99. The van der Waals surface area contributed by atoms with Crippen molar-refractivity contribution in [1.29, 1.82) is 0 Å². The largest absolute Gasteiger partial charge is 0.458 e. The van der Waals surface area contributed by atoms with Gasteiger partial charge in [0.1, 0.15) is 29.5 Å². The SMILES string of the molecule is C[C@@H]1OC(=O)[C@@H](N(C(=O)OC(C)(C)C)C(=O)OC(C)(C)C)COC[C@H](OC/C=C/c2ccccc2)[C@H]1OC/C=C/c1ccccc1. The third-order valence-corrected chi connectivity index (χ3v) is 6.46. The Morgan fingerprint density at radius 3 is 1.74 bits per heavy atom. The standard InChI is InChI=1S/C36H47NO9/c1-26-31(43-23-15-21-28-18-12-9-13-19-28)30(42-22-14-20-27-16-10-8-11-17-27)25-41-24-29(32(38)44-26)37(33(39)45-35(2,3)4)34(40)46-36(5,6)7/h8-21,26,29-31H,22-25H2,1-7H3/b20-14+,21-15+/t26-,29-,30-,31-/m0/s1. The van der Waals surface area contributed by atoms with E-state index in [0.717, 1.165) is 11.1 Å². The van der Waals surface area contributed by atoms with Crippen molar-refractivity contribution in [3.05, 3.63) is 83.9 Å². The van der Waals surface area contributed by atoms with Crippen LogP contribution in [0.15, 0.2) is 72.8 Å². The topological polar surface area (TPSA) is 110 Å². The molecule has 10 nitrogen and oxygen atoms in total. The van der Waals surface area contributed by atoms with E-state index in [1.807, 2.05) is 85.0 Å². The first kappa shape index (κ1) is 36.5. The van der Waals surface area contributed by atoms with Crippen LogP contribution in [0.3, 0.4) is 0 Å². The highest BCUT2D eigenvalue weighted by molar-refractivity contribution is 5.94. The Kier molecular flexibility index (Phi) is 13.5. The third kappa shape index (κ3) is 12.4. The number of amides is 2. The molecule has 250 valence electrons. The van der Waals surface area contributed by atoms with E-state index in [1.165, 1.54) is 0 Å². The highest BCUT2D eigenvalue weighted by atomic mass is 16.6. The van der Waals surface area contributed by atoms with Crippen LogP contribution in [0.5, 0.6) is 0 Å². The number of rotatable bonds is 9. The molecule has 0 saturated carbocycles. The Morgan fingerprint density at radius 1 is 0.783 bits per heavy atom. The van der Waals surface area contributed by atoms with Gasteiger partial charge in [0.25, 0.3) is 0 Å². The van der Waals surface area contributed by atoms with Gasteiger partial charge in [-0.25, -0.2) is 14.4 Å². The van der Waals surface area contributed by atoms with Crippen LogP contribution in [-0.4, -0.2) is 85.0 Å². The zero-order valence-corrected chi connectivity index (χ0v) is 27.8. The molecule has 0 bridgehead atoms. The van der Waals surface area contributed by atoms with Crippen LogP contribution in [0.4, 0.5) is 9.59 Å². The molecule has 0 radical (unpaired) electrons. The summed E-state index contributed by atoms with van der Waals surface area (Å²) in [5.74, 6) is -0.873. The van der Waals surface area contributed by atoms with Crippen molar-refractivity contribution >= 4 is 30.3 Å². The van der Waals surface area contributed by atoms with Crippen molar-refractivity contribution in [3.63, 3.8) is 0 Å². The monoisotopic (exact) mass is 637 g/mol. The Balaban J connectivity index is 1.84.